The molecule has 0 fully saturated rings. The number of hydrogen-bond acceptors (Lipinski definition) is 3. The summed E-state index contributed by atoms with van der Waals surface area (Å²) >= 11 is 0. The Hall–Kier alpha value is -3.69. The van der Waals surface area contributed by atoms with Crippen LogP contribution in [0.5, 0.6) is 0 Å². The number of aliphatic hydroxyl groups excluding tert-OH is 1. The van der Waals surface area contributed by atoms with Crippen LogP contribution >= 0.6 is 0 Å². The van der Waals surface area contributed by atoms with Crippen LogP contribution in [0.15, 0.2) is 83.4 Å². The van der Waals surface area contributed by atoms with E-state index in [-0.39, 0.29) is 6.61 Å². The molecule has 2 N–H and O–H groups in total. The van der Waals surface area contributed by atoms with Crippen LogP contribution < -0.4 is 5.32 Å². The summed E-state index contributed by atoms with van der Waals surface area (Å²) in [4.78, 5) is 5.33. The number of hydrogen-bond donors (Lipinski definition) is 2. The molecule has 0 saturated heterocycles. The van der Waals surface area contributed by atoms with E-state index in [1.807, 2.05) is 12.1 Å². The average Bonchev–Trinajstić information content (AvgIpc) is 2.98. The summed E-state index contributed by atoms with van der Waals surface area (Å²) in [6.45, 7) is 7.66. The summed E-state index contributed by atoms with van der Waals surface area (Å²) in [5, 5.41) is 16.2. The van der Waals surface area contributed by atoms with Gasteiger partial charge in [0.1, 0.15) is 0 Å². The molecule has 4 aromatic rings. The smallest absolute Gasteiger partial charge is 0.0685 e. The highest BCUT2D eigenvalue weighted by atomic mass is 16.3. The van der Waals surface area contributed by atoms with Gasteiger partial charge in [-0.05, 0) is 88.0 Å². The van der Waals surface area contributed by atoms with E-state index in [4.69, 9.17) is 4.99 Å². The molecule has 6 rings (SSSR count). The van der Waals surface area contributed by atoms with Gasteiger partial charge >= 0.3 is 0 Å². The van der Waals surface area contributed by atoms with E-state index in [9.17, 15) is 5.11 Å². The van der Waals surface area contributed by atoms with Crippen molar-refractivity contribution in [1.29, 1.82) is 0 Å². The Balaban J connectivity index is 1.56. The summed E-state index contributed by atoms with van der Waals surface area (Å²) in [5.41, 5.74) is 13.5. The summed E-state index contributed by atoms with van der Waals surface area (Å²) in [7, 11) is 0. The third-order valence-corrected chi connectivity index (χ3v) is 8.45. The van der Waals surface area contributed by atoms with Crippen molar-refractivity contribution >= 4 is 33.4 Å². The highest BCUT2D eigenvalue weighted by molar-refractivity contribution is 6.29. The Morgan fingerprint density at radius 1 is 0.895 bits per heavy atom. The lowest BCUT2D eigenvalue weighted by atomic mass is 9.78. The van der Waals surface area contributed by atoms with E-state index in [1.165, 1.54) is 61.1 Å². The average molecular weight is 501 g/mol. The maximum absolute atomic E-state index is 9.96. The molecule has 0 aliphatic carbocycles. The largest absolute Gasteiger partial charge is 0.392 e. The predicted octanol–water partition coefficient (Wildman–Crippen LogP) is 8.51. The van der Waals surface area contributed by atoms with E-state index < -0.39 is 0 Å². The molecule has 1 unspecified atom stereocenters. The number of fused-ring (bicyclic) bond motifs is 3. The molecule has 0 saturated carbocycles. The Morgan fingerprint density at radius 3 is 2.55 bits per heavy atom. The zero-order valence-electron chi connectivity index (χ0n) is 22.6. The Bertz CT molecular complexity index is 1590. The summed E-state index contributed by atoms with van der Waals surface area (Å²) in [5.74, 6) is 0.325. The van der Waals surface area contributed by atoms with Gasteiger partial charge in [0.2, 0.25) is 0 Å². The number of nitrogens with zero attached hydrogens (tertiary/aromatic N) is 1. The monoisotopic (exact) mass is 500 g/mol. The number of anilines is 1. The third-order valence-electron chi connectivity index (χ3n) is 8.45. The Kier molecular flexibility index (Phi) is 6.63. The molecule has 4 aromatic carbocycles. The summed E-state index contributed by atoms with van der Waals surface area (Å²) < 4.78 is 0. The molecule has 0 amide bonds. The minimum absolute atomic E-state index is 0.0638. The second-order valence-corrected chi connectivity index (χ2v) is 10.5. The van der Waals surface area contributed by atoms with Crippen LogP contribution in [-0.2, 0) is 19.4 Å². The first-order chi connectivity index (χ1) is 18.6. The van der Waals surface area contributed by atoms with Gasteiger partial charge in [-0.2, -0.15) is 0 Å². The van der Waals surface area contributed by atoms with E-state index in [0.29, 0.717) is 5.92 Å². The maximum atomic E-state index is 9.96. The van der Waals surface area contributed by atoms with E-state index in [1.54, 1.807) is 0 Å². The molecule has 0 radical (unpaired) electrons. The number of allylic oxidation sites excluding steroid dienone is 1. The normalized spacial score (nSPS) is 16.6. The highest BCUT2D eigenvalue weighted by Gasteiger charge is 2.31. The fourth-order valence-electron chi connectivity index (χ4n) is 6.26. The van der Waals surface area contributed by atoms with Crippen LogP contribution in [0.4, 0.5) is 11.4 Å². The molecular formula is C35H36N2O. The van der Waals surface area contributed by atoms with Gasteiger partial charge in [0, 0.05) is 29.3 Å². The molecule has 3 nitrogen and oxygen atoms in total. The van der Waals surface area contributed by atoms with Crippen molar-refractivity contribution in [2.45, 2.75) is 53.1 Å². The number of rotatable bonds is 6. The molecule has 0 aromatic heterocycles. The van der Waals surface area contributed by atoms with Gasteiger partial charge in [-0.1, -0.05) is 75.4 Å². The van der Waals surface area contributed by atoms with Gasteiger partial charge in [0.15, 0.2) is 0 Å². The molecule has 2 aliphatic heterocycles. The zero-order valence-corrected chi connectivity index (χ0v) is 22.6. The van der Waals surface area contributed by atoms with Crippen LogP contribution in [0.1, 0.15) is 55.9 Å². The second kappa shape index (κ2) is 10.2. The first kappa shape index (κ1) is 24.6. The van der Waals surface area contributed by atoms with Gasteiger partial charge in [0.25, 0.3) is 0 Å². The highest BCUT2D eigenvalue weighted by Crippen LogP contribution is 2.43. The van der Waals surface area contributed by atoms with Gasteiger partial charge in [-0.25, -0.2) is 0 Å². The Morgan fingerprint density at radius 2 is 1.76 bits per heavy atom. The lowest BCUT2D eigenvalue weighted by Gasteiger charge is -2.32. The van der Waals surface area contributed by atoms with Gasteiger partial charge in [-0.3, -0.25) is 4.99 Å². The summed E-state index contributed by atoms with van der Waals surface area (Å²) in [6, 6.07) is 26.5. The van der Waals surface area contributed by atoms with Crippen molar-refractivity contribution in [3.8, 4) is 11.1 Å². The fourth-order valence-corrected chi connectivity index (χ4v) is 6.26. The quantitative estimate of drug-likeness (QED) is 0.279. The molecular weight excluding hydrogens is 464 g/mol. The molecule has 2 heterocycles. The maximum Gasteiger partial charge on any atom is 0.0685 e. The van der Waals surface area contributed by atoms with Crippen LogP contribution in [0.25, 0.3) is 27.5 Å². The van der Waals surface area contributed by atoms with Crippen molar-refractivity contribution < 1.29 is 5.11 Å². The van der Waals surface area contributed by atoms with Crippen molar-refractivity contribution in [3.05, 3.63) is 101 Å². The van der Waals surface area contributed by atoms with Crippen LogP contribution in [0.3, 0.4) is 0 Å². The van der Waals surface area contributed by atoms with E-state index in [0.717, 1.165) is 43.5 Å². The second-order valence-electron chi connectivity index (χ2n) is 10.5. The molecule has 0 bridgehead atoms. The van der Waals surface area contributed by atoms with Crippen LogP contribution in [0.2, 0.25) is 0 Å². The van der Waals surface area contributed by atoms with Crippen molar-refractivity contribution in [2.24, 2.45) is 10.9 Å². The minimum Gasteiger partial charge on any atom is -0.392 e. The number of aryl methyl sites for hydroxylation is 1. The predicted molar refractivity (Wildman–Crippen MR) is 161 cm³/mol. The number of aliphatic imine (C=N–C) groups is 1. The number of nitrogens with one attached hydrogen (secondary N) is 1. The molecule has 38 heavy (non-hydrogen) atoms. The van der Waals surface area contributed by atoms with Gasteiger partial charge in [0.05, 0.1) is 18.0 Å². The van der Waals surface area contributed by atoms with E-state index in [2.05, 4.69) is 86.8 Å². The molecule has 0 spiro atoms. The number of aliphatic hydroxyl groups is 1. The van der Waals surface area contributed by atoms with Crippen molar-refractivity contribution in [1.82, 2.24) is 0 Å². The fraction of sp³-hybridized carbons (Fsp3) is 0.286. The van der Waals surface area contributed by atoms with Crippen molar-refractivity contribution in [2.75, 3.05) is 11.9 Å². The Labute approximate surface area is 226 Å². The number of benzene rings is 4. The third kappa shape index (κ3) is 4.16. The molecule has 2 aliphatic rings. The van der Waals surface area contributed by atoms with Gasteiger partial charge < -0.3 is 10.4 Å². The van der Waals surface area contributed by atoms with Gasteiger partial charge in [-0.15, -0.1) is 0 Å². The van der Waals surface area contributed by atoms with E-state index >= 15 is 0 Å². The topological polar surface area (TPSA) is 44.6 Å². The first-order valence-corrected chi connectivity index (χ1v) is 14.1. The molecule has 3 heteroatoms. The standard InChI is InChI=1S/C35H36N2O/c1-4-22-16-25-10-7-8-12-28(25)29(17-22)26-14-15-32-31(19-26)34(24(6-3)20-36-32)35-23(5-2)18-30-27(21-38)11-9-13-33(30)37-35/h7-17,19,23,36,38H,4-6,18,20-21H2,1-3H3. The lowest BCUT2D eigenvalue weighted by Crippen LogP contribution is -2.26. The zero-order chi connectivity index (χ0) is 26.2. The SMILES string of the molecule is CCC1=C(C2=Nc3cccc(CO)c3CC2CC)c2cc(-c3cc(CC)cc4ccccc34)ccc2NC1. The van der Waals surface area contributed by atoms with Crippen LogP contribution in [0, 0.1) is 5.92 Å². The lowest BCUT2D eigenvalue weighted by molar-refractivity contribution is 0.280. The molecule has 1 atom stereocenters. The van der Waals surface area contributed by atoms with Crippen molar-refractivity contribution in [3.63, 3.8) is 0 Å². The minimum atomic E-state index is 0.0638. The van der Waals surface area contributed by atoms with Crippen LogP contribution in [-0.4, -0.2) is 17.4 Å². The summed E-state index contributed by atoms with van der Waals surface area (Å²) in [6.07, 6.45) is 3.94. The molecule has 192 valence electrons. The first-order valence-electron chi connectivity index (χ1n) is 14.1.